The van der Waals surface area contributed by atoms with Crippen LogP contribution in [0.2, 0.25) is 0 Å². The van der Waals surface area contributed by atoms with Gasteiger partial charge in [-0.05, 0) is 25.1 Å². The Labute approximate surface area is 125 Å². The molecule has 3 N–H and O–H groups in total. The molecule has 3 rings (SSSR count). The third kappa shape index (κ3) is 2.66. The zero-order valence-corrected chi connectivity index (χ0v) is 12.1. The monoisotopic (exact) mass is 299 g/mol. The first-order chi connectivity index (χ1) is 10.2. The number of hydrogen-bond acceptors (Lipinski definition) is 5. The Morgan fingerprint density at radius 2 is 2.05 bits per heavy atom. The molecule has 106 valence electrons. The maximum absolute atomic E-state index is 8.77. The molecule has 0 spiro atoms. The first kappa shape index (κ1) is 13.4. The van der Waals surface area contributed by atoms with Crippen LogP contribution in [0.25, 0.3) is 10.1 Å². The molecule has 1 aromatic carbocycles. The molecule has 0 aliphatic rings. The van der Waals surface area contributed by atoms with Crippen molar-refractivity contribution in [1.29, 1.82) is 0 Å². The Balaban J connectivity index is 2.02. The molecule has 0 saturated carbocycles. The summed E-state index contributed by atoms with van der Waals surface area (Å²) in [6, 6.07) is 9.62. The summed E-state index contributed by atoms with van der Waals surface area (Å²) in [5.74, 6) is 1.47. The maximum Gasteiger partial charge on any atom is 0.180 e. The van der Waals surface area contributed by atoms with Crippen LogP contribution in [-0.2, 0) is 0 Å². The van der Waals surface area contributed by atoms with E-state index in [0.717, 1.165) is 15.8 Å². The lowest BCUT2D eigenvalue weighted by atomic mass is 10.2. The minimum absolute atomic E-state index is 0.0810. The molecule has 0 aliphatic carbocycles. The lowest BCUT2D eigenvalue weighted by molar-refractivity contribution is 0.319. The Hall–Kier alpha value is -2.60. The van der Waals surface area contributed by atoms with Crippen LogP contribution in [0.1, 0.15) is 10.4 Å². The standard InChI is InChI=1S/C15H13N3O2S/c1-9-2-4-10(5-3-9)20-12-7-17-8-14-11(12)6-13(21-14)15(16)18-19/h2-8,19H,1H3,(H2,16,18). The van der Waals surface area contributed by atoms with Crippen LogP contribution in [0.4, 0.5) is 0 Å². The molecule has 0 aliphatic heterocycles. The number of ether oxygens (including phenoxy) is 1. The van der Waals surface area contributed by atoms with E-state index in [0.29, 0.717) is 10.6 Å². The van der Waals surface area contributed by atoms with E-state index in [1.54, 1.807) is 12.4 Å². The SMILES string of the molecule is Cc1ccc(Oc2cncc3sc(/C(N)=N/O)cc23)cc1. The van der Waals surface area contributed by atoms with Gasteiger partial charge in [0.25, 0.3) is 0 Å². The molecule has 0 fully saturated rings. The summed E-state index contributed by atoms with van der Waals surface area (Å²) >= 11 is 1.40. The van der Waals surface area contributed by atoms with Crippen molar-refractivity contribution in [3.8, 4) is 11.5 Å². The lowest BCUT2D eigenvalue weighted by Gasteiger charge is -2.06. The van der Waals surface area contributed by atoms with Crippen molar-refractivity contribution in [2.24, 2.45) is 10.9 Å². The summed E-state index contributed by atoms with van der Waals surface area (Å²) < 4.78 is 6.79. The van der Waals surface area contributed by atoms with Gasteiger partial charge < -0.3 is 15.7 Å². The number of benzene rings is 1. The van der Waals surface area contributed by atoms with Crippen molar-refractivity contribution in [2.75, 3.05) is 0 Å². The molecule has 0 bridgehead atoms. The van der Waals surface area contributed by atoms with E-state index in [4.69, 9.17) is 15.7 Å². The molecular weight excluding hydrogens is 286 g/mol. The number of aromatic nitrogens is 1. The van der Waals surface area contributed by atoms with E-state index >= 15 is 0 Å². The Morgan fingerprint density at radius 3 is 2.76 bits per heavy atom. The topological polar surface area (TPSA) is 80.7 Å². The Kier molecular flexibility index (Phi) is 3.45. The first-order valence-electron chi connectivity index (χ1n) is 6.27. The van der Waals surface area contributed by atoms with Gasteiger partial charge in [0.15, 0.2) is 11.6 Å². The summed E-state index contributed by atoms with van der Waals surface area (Å²) in [6.45, 7) is 2.02. The number of rotatable bonds is 3. The highest BCUT2D eigenvalue weighted by Gasteiger charge is 2.11. The van der Waals surface area contributed by atoms with Crippen molar-refractivity contribution >= 4 is 27.3 Å². The number of pyridine rings is 1. The van der Waals surface area contributed by atoms with Crippen molar-refractivity contribution in [3.05, 3.63) is 53.2 Å². The number of aryl methyl sites for hydroxylation is 1. The number of nitrogens with zero attached hydrogens (tertiary/aromatic N) is 2. The summed E-state index contributed by atoms with van der Waals surface area (Å²) in [5.41, 5.74) is 6.80. The molecule has 2 heterocycles. The highest BCUT2D eigenvalue weighted by molar-refractivity contribution is 7.20. The second kappa shape index (κ2) is 5.41. The van der Waals surface area contributed by atoms with E-state index in [2.05, 4.69) is 10.1 Å². The minimum Gasteiger partial charge on any atom is -0.455 e. The fraction of sp³-hybridized carbons (Fsp3) is 0.0667. The number of hydrogen-bond donors (Lipinski definition) is 2. The zero-order valence-electron chi connectivity index (χ0n) is 11.3. The molecule has 2 aromatic heterocycles. The molecule has 0 atom stereocenters. The highest BCUT2D eigenvalue weighted by atomic mass is 32.1. The van der Waals surface area contributed by atoms with Crippen LogP contribution in [0.5, 0.6) is 11.5 Å². The van der Waals surface area contributed by atoms with Gasteiger partial charge in [-0.25, -0.2) is 0 Å². The summed E-state index contributed by atoms with van der Waals surface area (Å²) in [4.78, 5) is 4.84. The van der Waals surface area contributed by atoms with Gasteiger partial charge in [0.05, 0.1) is 15.8 Å². The number of oxime groups is 1. The third-order valence-corrected chi connectivity index (χ3v) is 4.11. The molecule has 0 amide bonds. The van der Waals surface area contributed by atoms with Gasteiger partial charge in [-0.1, -0.05) is 22.9 Å². The van der Waals surface area contributed by atoms with E-state index in [1.165, 1.54) is 16.9 Å². The van der Waals surface area contributed by atoms with Crippen LogP contribution < -0.4 is 10.5 Å². The predicted molar refractivity (Wildman–Crippen MR) is 83.4 cm³/mol. The second-order valence-corrected chi connectivity index (χ2v) is 5.64. The van der Waals surface area contributed by atoms with Crippen LogP contribution in [-0.4, -0.2) is 16.0 Å². The van der Waals surface area contributed by atoms with Gasteiger partial charge in [0, 0.05) is 11.6 Å². The quantitative estimate of drug-likeness (QED) is 0.336. The van der Waals surface area contributed by atoms with Gasteiger partial charge in [-0.3, -0.25) is 4.98 Å². The van der Waals surface area contributed by atoms with Gasteiger partial charge in [-0.15, -0.1) is 11.3 Å². The minimum atomic E-state index is 0.0810. The predicted octanol–water partition coefficient (Wildman–Crippen LogP) is 3.49. The van der Waals surface area contributed by atoms with Gasteiger partial charge >= 0.3 is 0 Å². The largest absolute Gasteiger partial charge is 0.455 e. The van der Waals surface area contributed by atoms with Gasteiger partial charge in [-0.2, -0.15) is 0 Å². The van der Waals surface area contributed by atoms with Crippen molar-refractivity contribution in [1.82, 2.24) is 4.98 Å². The molecular formula is C15H13N3O2S. The van der Waals surface area contributed by atoms with Crippen molar-refractivity contribution in [3.63, 3.8) is 0 Å². The smallest absolute Gasteiger partial charge is 0.180 e. The van der Waals surface area contributed by atoms with Crippen LogP contribution in [0, 0.1) is 6.92 Å². The maximum atomic E-state index is 8.77. The fourth-order valence-corrected chi connectivity index (χ4v) is 2.87. The van der Waals surface area contributed by atoms with Crippen molar-refractivity contribution in [2.45, 2.75) is 6.92 Å². The van der Waals surface area contributed by atoms with E-state index in [1.807, 2.05) is 37.3 Å². The second-order valence-electron chi connectivity index (χ2n) is 4.56. The highest BCUT2D eigenvalue weighted by Crippen LogP contribution is 2.34. The third-order valence-electron chi connectivity index (χ3n) is 3.02. The first-order valence-corrected chi connectivity index (χ1v) is 7.09. The average Bonchev–Trinajstić information content (AvgIpc) is 2.94. The Morgan fingerprint density at radius 1 is 1.29 bits per heavy atom. The summed E-state index contributed by atoms with van der Waals surface area (Å²) in [7, 11) is 0. The van der Waals surface area contributed by atoms with E-state index < -0.39 is 0 Å². The van der Waals surface area contributed by atoms with Gasteiger partial charge in [0.2, 0.25) is 0 Å². The van der Waals surface area contributed by atoms with Crippen LogP contribution >= 0.6 is 11.3 Å². The number of thiophene rings is 1. The molecule has 6 heteroatoms. The zero-order chi connectivity index (χ0) is 14.8. The molecule has 0 saturated heterocycles. The van der Waals surface area contributed by atoms with E-state index in [-0.39, 0.29) is 5.84 Å². The lowest BCUT2D eigenvalue weighted by Crippen LogP contribution is -2.10. The fourth-order valence-electron chi connectivity index (χ4n) is 1.93. The number of nitrogens with two attached hydrogens (primary N) is 1. The Bertz CT molecular complexity index is 809. The van der Waals surface area contributed by atoms with Gasteiger partial charge in [0.1, 0.15) is 5.75 Å². The number of fused-ring (bicyclic) bond motifs is 1. The molecule has 21 heavy (non-hydrogen) atoms. The van der Waals surface area contributed by atoms with Crippen LogP contribution in [0.3, 0.4) is 0 Å². The van der Waals surface area contributed by atoms with Crippen molar-refractivity contribution < 1.29 is 9.94 Å². The normalized spacial score (nSPS) is 11.8. The number of amidine groups is 1. The van der Waals surface area contributed by atoms with E-state index in [9.17, 15) is 0 Å². The summed E-state index contributed by atoms with van der Waals surface area (Å²) in [5, 5.41) is 12.7. The molecule has 5 nitrogen and oxygen atoms in total. The summed E-state index contributed by atoms with van der Waals surface area (Å²) in [6.07, 6.45) is 3.39. The molecule has 3 aromatic rings. The average molecular weight is 299 g/mol. The van der Waals surface area contributed by atoms with Crippen LogP contribution in [0.15, 0.2) is 47.9 Å². The molecule has 0 unspecified atom stereocenters. The molecule has 0 radical (unpaired) electrons.